The zero-order chi connectivity index (χ0) is 18.2. The van der Waals surface area contributed by atoms with E-state index in [1.54, 1.807) is 0 Å². The number of thiazole rings is 1. The molecular weight excluding hydrogens is 336 g/mol. The number of rotatable bonds is 3. The van der Waals surface area contributed by atoms with Crippen molar-refractivity contribution in [1.82, 2.24) is 15.1 Å². The van der Waals surface area contributed by atoms with Crippen LogP contribution in [0.4, 0.5) is 5.13 Å². The highest BCUT2D eigenvalue weighted by molar-refractivity contribution is 7.19. The number of carbonyl (C=O) groups excluding carboxylic acids is 1. The second-order valence-electron chi connectivity index (χ2n) is 6.93. The lowest BCUT2D eigenvalue weighted by atomic mass is 9.96. The molecule has 1 amide bonds. The summed E-state index contributed by atoms with van der Waals surface area (Å²) in [6.07, 6.45) is 0. The van der Waals surface area contributed by atoms with Crippen LogP contribution >= 0.6 is 11.3 Å². The number of nitrogens with one attached hydrogen (secondary N) is 1. The molecule has 0 fully saturated rings. The molecule has 0 aliphatic rings. The second kappa shape index (κ2) is 6.40. The standard InChI is InChI=1S/C18H20N4O2S/c1-10-6-8-12(9-7-10)14-20-15(24-22-14)13-11(2)19-17(25-13)21-16(23)18(3,4)5/h6-9H,1-5H3,(H,19,21,23). The van der Waals surface area contributed by atoms with E-state index in [0.717, 1.165) is 16.1 Å². The van der Waals surface area contributed by atoms with Crippen molar-refractivity contribution in [3.05, 3.63) is 35.5 Å². The number of anilines is 1. The van der Waals surface area contributed by atoms with Crippen molar-refractivity contribution in [2.24, 2.45) is 5.41 Å². The Bertz CT molecular complexity index is 904. The van der Waals surface area contributed by atoms with E-state index in [4.69, 9.17) is 4.52 Å². The molecule has 3 aromatic rings. The fourth-order valence-corrected chi connectivity index (χ4v) is 2.95. The van der Waals surface area contributed by atoms with Gasteiger partial charge in [0.2, 0.25) is 11.7 Å². The molecule has 0 aliphatic heterocycles. The number of amides is 1. The third-order valence-corrected chi connectivity index (χ3v) is 4.69. The molecule has 0 saturated heterocycles. The molecule has 0 unspecified atom stereocenters. The molecule has 3 rings (SSSR count). The number of aromatic nitrogens is 3. The Morgan fingerprint density at radius 2 is 1.80 bits per heavy atom. The summed E-state index contributed by atoms with van der Waals surface area (Å²) in [5.74, 6) is 0.851. The Hall–Kier alpha value is -2.54. The molecule has 0 atom stereocenters. The van der Waals surface area contributed by atoms with Crippen LogP contribution in [0, 0.1) is 19.3 Å². The highest BCUT2D eigenvalue weighted by Gasteiger charge is 2.24. The molecule has 1 aromatic carbocycles. The van der Waals surface area contributed by atoms with Gasteiger partial charge in [-0.2, -0.15) is 4.98 Å². The number of benzene rings is 1. The van der Waals surface area contributed by atoms with E-state index in [2.05, 4.69) is 20.4 Å². The fraction of sp³-hybridized carbons (Fsp3) is 0.333. The van der Waals surface area contributed by atoms with Gasteiger partial charge in [-0.05, 0) is 13.8 Å². The summed E-state index contributed by atoms with van der Waals surface area (Å²) in [5, 5.41) is 7.41. The van der Waals surface area contributed by atoms with Crippen LogP contribution in [-0.2, 0) is 4.79 Å². The molecule has 25 heavy (non-hydrogen) atoms. The normalized spacial score (nSPS) is 11.6. The van der Waals surface area contributed by atoms with Crippen molar-refractivity contribution in [3.63, 3.8) is 0 Å². The van der Waals surface area contributed by atoms with E-state index in [1.165, 1.54) is 16.9 Å². The molecule has 0 aliphatic carbocycles. The van der Waals surface area contributed by atoms with Gasteiger partial charge in [-0.3, -0.25) is 4.79 Å². The minimum atomic E-state index is -0.483. The second-order valence-corrected chi connectivity index (χ2v) is 7.93. The molecule has 2 aromatic heterocycles. The van der Waals surface area contributed by atoms with Gasteiger partial charge in [-0.15, -0.1) is 0 Å². The molecule has 6 nitrogen and oxygen atoms in total. The third kappa shape index (κ3) is 3.76. The van der Waals surface area contributed by atoms with Crippen LogP contribution in [0.5, 0.6) is 0 Å². The summed E-state index contributed by atoms with van der Waals surface area (Å²) in [6, 6.07) is 7.92. The Morgan fingerprint density at radius 1 is 1.12 bits per heavy atom. The summed E-state index contributed by atoms with van der Waals surface area (Å²) in [6.45, 7) is 9.45. The fourth-order valence-electron chi connectivity index (χ4n) is 2.07. The van der Waals surface area contributed by atoms with Crippen LogP contribution in [0.3, 0.4) is 0 Å². The Kier molecular flexibility index (Phi) is 4.43. The quantitative estimate of drug-likeness (QED) is 0.749. The summed E-state index contributed by atoms with van der Waals surface area (Å²) in [7, 11) is 0. The average molecular weight is 356 g/mol. The van der Waals surface area contributed by atoms with E-state index < -0.39 is 5.41 Å². The van der Waals surface area contributed by atoms with Crippen LogP contribution in [0.2, 0.25) is 0 Å². The predicted molar refractivity (Wildman–Crippen MR) is 98.4 cm³/mol. The maximum atomic E-state index is 12.1. The Morgan fingerprint density at radius 3 is 2.44 bits per heavy atom. The summed E-state index contributed by atoms with van der Waals surface area (Å²) >= 11 is 1.33. The van der Waals surface area contributed by atoms with Gasteiger partial charge in [0.25, 0.3) is 5.89 Å². The minimum absolute atomic E-state index is 0.0846. The monoisotopic (exact) mass is 356 g/mol. The van der Waals surface area contributed by atoms with Crippen molar-refractivity contribution in [3.8, 4) is 22.2 Å². The maximum absolute atomic E-state index is 12.1. The average Bonchev–Trinajstić information content (AvgIpc) is 3.14. The van der Waals surface area contributed by atoms with Crippen molar-refractivity contribution in [2.75, 3.05) is 5.32 Å². The maximum Gasteiger partial charge on any atom is 0.270 e. The van der Waals surface area contributed by atoms with Gasteiger partial charge < -0.3 is 9.84 Å². The van der Waals surface area contributed by atoms with Crippen LogP contribution in [0.25, 0.3) is 22.2 Å². The highest BCUT2D eigenvalue weighted by Crippen LogP contribution is 2.33. The first-order valence-corrected chi connectivity index (χ1v) is 8.75. The first-order chi connectivity index (χ1) is 11.7. The van der Waals surface area contributed by atoms with E-state index in [9.17, 15) is 4.79 Å². The third-order valence-electron chi connectivity index (χ3n) is 3.63. The van der Waals surface area contributed by atoms with Gasteiger partial charge in [-0.25, -0.2) is 4.98 Å². The van der Waals surface area contributed by atoms with E-state index >= 15 is 0 Å². The predicted octanol–water partition coefficient (Wildman–Crippen LogP) is 4.46. The Labute approximate surface area is 150 Å². The molecule has 2 heterocycles. The Balaban J connectivity index is 1.85. The largest absolute Gasteiger partial charge is 0.333 e. The van der Waals surface area contributed by atoms with Gasteiger partial charge in [-0.1, -0.05) is 67.1 Å². The molecule has 130 valence electrons. The van der Waals surface area contributed by atoms with Gasteiger partial charge in [0.05, 0.1) is 5.69 Å². The number of aryl methyl sites for hydroxylation is 2. The molecule has 7 heteroatoms. The first kappa shape index (κ1) is 17.3. The van der Waals surface area contributed by atoms with Crippen LogP contribution in [0.1, 0.15) is 32.0 Å². The topological polar surface area (TPSA) is 80.9 Å². The van der Waals surface area contributed by atoms with Crippen LogP contribution < -0.4 is 5.32 Å². The van der Waals surface area contributed by atoms with Gasteiger partial charge >= 0.3 is 0 Å². The van der Waals surface area contributed by atoms with Gasteiger partial charge in [0.1, 0.15) is 4.88 Å². The van der Waals surface area contributed by atoms with Gasteiger partial charge in [0.15, 0.2) is 5.13 Å². The molecule has 0 spiro atoms. The summed E-state index contributed by atoms with van der Waals surface area (Å²) in [4.78, 5) is 21.7. The molecular formula is C18H20N4O2S. The van der Waals surface area contributed by atoms with Crippen LogP contribution in [0.15, 0.2) is 28.8 Å². The van der Waals surface area contributed by atoms with Gasteiger partial charge in [0, 0.05) is 11.0 Å². The number of hydrogen-bond acceptors (Lipinski definition) is 6. The van der Waals surface area contributed by atoms with E-state index in [1.807, 2.05) is 58.9 Å². The molecule has 1 N–H and O–H groups in total. The smallest absolute Gasteiger partial charge is 0.270 e. The molecule has 0 bridgehead atoms. The zero-order valence-corrected chi connectivity index (χ0v) is 15.7. The summed E-state index contributed by atoms with van der Waals surface area (Å²) < 4.78 is 5.40. The van der Waals surface area contributed by atoms with E-state index in [0.29, 0.717) is 16.8 Å². The minimum Gasteiger partial charge on any atom is -0.333 e. The number of nitrogens with zero attached hydrogens (tertiary/aromatic N) is 3. The van der Waals surface area contributed by atoms with Crippen molar-refractivity contribution in [2.45, 2.75) is 34.6 Å². The van der Waals surface area contributed by atoms with Crippen molar-refractivity contribution >= 4 is 22.4 Å². The van der Waals surface area contributed by atoms with Crippen molar-refractivity contribution < 1.29 is 9.32 Å². The SMILES string of the molecule is Cc1ccc(-c2noc(-c3sc(NC(=O)C(C)(C)C)nc3C)n2)cc1. The molecule has 0 radical (unpaired) electrons. The highest BCUT2D eigenvalue weighted by atomic mass is 32.1. The van der Waals surface area contributed by atoms with E-state index in [-0.39, 0.29) is 5.91 Å². The lowest BCUT2D eigenvalue weighted by Gasteiger charge is -2.15. The zero-order valence-electron chi connectivity index (χ0n) is 14.9. The number of carbonyl (C=O) groups is 1. The summed E-state index contributed by atoms with van der Waals surface area (Å²) in [5.41, 5.74) is 2.32. The van der Waals surface area contributed by atoms with Crippen molar-refractivity contribution in [1.29, 1.82) is 0 Å². The first-order valence-electron chi connectivity index (χ1n) is 7.94. The lowest BCUT2D eigenvalue weighted by Crippen LogP contribution is -2.27. The number of hydrogen-bond donors (Lipinski definition) is 1. The lowest BCUT2D eigenvalue weighted by molar-refractivity contribution is -0.123. The molecule has 0 saturated carbocycles. The van der Waals surface area contributed by atoms with Crippen LogP contribution in [-0.4, -0.2) is 21.0 Å².